The van der Waals surface area contributed by atoms with Gasteiger partial charge in [0.15, 0.2) is 0 Å². The Hall–Kier alpha value is -1.67. The van der Waals surface area contributed by atoms with Crippen molar-refractivity contribution >= 4 is 32.0 Å². The number of piperazine rings is 1. The van der Waals surface area contributed by atoms with Crippen molar-refractivity contribution in [2.75, 3.05) is 39.8 Å². The van der Waals surface area contributed by atoms with Crippen molar-refractivity contribution in [3.63, 3.8) is 0 Å². The molecule has 0 amide bonds. The van der Waals surface area contributed by atoms with Gasteiger partial charge in [-0.1, -0.05) is 58.4 Å². The molecule has 27 heavy (non-hydrogen) atoms. The fourth-order valence-corrected chi connectivity index (χ4v) is 5.16. The smallest absolute Gasteiger partial charge is 0.246 e. The maximum atomic E-state index is 13.0. The predicted molar refractivity (Wildman–Crippen MR) is 111 cm³/mol. The molecule has 1 aliphatic heterocycles. The summed E-state index contributed by atoms with van der Waals surface area (Å²) in [6, 6.07) is 15.2. The zero-order valence-corrected chi connectivity index (χ0v) is 17.6. The van der Waals surface area contributed by atoms with Gasteiger partial charge in [-0.3, -0.25) is 4.90 Å². The molecule has 2 aromatic rings. The van der Waals surface area contributed by atoms with Crippen molar-refractivity contribution in [3.05, 3.63) is 64.6 Å². The van der Waals surface area contributed by atoms with Crippen LogP contribution in [-0.2, 0) is 10.0 Å². The van der Waals surface area contributed by atoms with Crippen LogP contribution in [0.5, 0.6) is 5.75 Å². The standard InChI is InChI=1S/C20H23BrN2O3S/c1-26-19-10-9-18(21)16-20(19)27(24,25)23-14-12-22(13-15-23)11-5-8-17-6-3-2-4-7-17/h2-10,16H,11-15H2,1H3/b8-5-. The number of halogens is 1. The van der Waals surface area contributed by atoms with Crippen LogP contribution in [0.4, 0.5) is 0 Å². The van der Waals surface area contributed by atoms with Gasteiger partial charge in [0.2, 0.25) is 10.0 Å². The lowest BCUT2D eigenvalue weighted by Crippen LogP contribution is -2.48. The average molecular weight is 451 g/mol. The van der Waals surface area contributed by atoms with Gasteiger partial charge in [0.1, 0.15) is 10.6 Å². The van der Waals surface area contributed by atoms with Gasteiger partial charge in [-0.2, -0.15) is 4.31 Å². The maximum absolute atomic E-state index is 13.0. The van der Waals surface area contributed by atoms with Crippen molar-refractivity contribution in [2.24, 2.45) is 0 Å². The quantitative estimate of drug-likeness (QED) is 0.675. The van der Waals surface area contributed by atoms with Crippen molar-refractivity contribution < 1.29 is 13.2 Å². The lowest BCUT2D eigenvalue weighted by molar-refractivity contribution is 0.204. The van der Waals surface area contributed by atoms with E-state index in [0.717, 1.165) is 6.54 Å². The Labute approximate surface area is 169 Å². The largest absolute Gasteiger partial charge is 0.495 e. The van der Waals surface area contributed by atoms with Crippen LogP contribution in [0.15, 0.2) is 64.0 Å². The Morgan fingerprint density at radius 3 is 2.44 bits per heavy atom. The highest BCUT2D eigenvalue weighted by atomic mass is 79.9. The third-order valence-corrected chi connectivity index (χ3v) is 6.96. The molecule has 0 aliphatic carbocycles. The minimum Gasteiger partial charge on any atom is -0.495 e. The molecule has 0 bridgehead atoms. The molecule has 0 N–H and O–H groups in total. The highest BCUT2D eigenvalue weighted by molar-refractivity contribution is 9.10. The molecule has 1 saturated heterocycles. The summed E-state index contributed by atoms with van der Waals surface area (Å²) < 4.78 is 33.5. The van der Waals surface area contributed by atoms with Gasteiger partial charge in [0.05, 0.1) is 7.11 Å². The van der Waals surface area contributed by atoms with Gasteiger partial charge >= 0.3 is 0 Å². The second kappa shape index (κ2) is 9.01. The second-order valence-corrected chi connectivity index (χ2v) is 9.13. The van der Waals surface area contributed by atoms with Crippen LogP contribution in [0.25, 0.3) is 6.08 Å². The first-order valence-corrected chi connectivity index (χ1v) is 11.0. The number of ether oxygens (including phenoxy) is 1. The zero-order chi connectivity index (χ0) is 19.3. The zero-order valence-electron chi connectivity index (χ0n) is 15.2. The summed E-state index contributed by atoms with van der Waals surface area (Å²) in [5.41, 5.74) is 1.17. The predicted octanol–water partition coefficient (Wildman–Crippen LogP) is 3.48. The summed E-state index contributed by atoms with van der Waals surface area (Å²) in [5.74, 6) is 0.367. The van der Waals surface area contributed by atoms with E-state index >= 15 is 0 Å². The van der Waals surface area contributed by atoms with Crippen LogP contribution in [0.2, 0.25) is 0 Å². The monoisotopic (exact) mass is 450 g/mol. The van der Waals surface area contributed by atoms with Gasteiger partial charge in [0, 0.05) is 37.2 Å². The maximum Gasteiger partial charge on any atom is 0.246 e. The van der Waals surface area contributed by atoms with Crippen molar-refractivity contribution in [3.8, 4) is 5.75 Å². The third-order valence-electron chi connectivity index (χ3n) is 4.55. The highest BCUT2D eigenvalue weighted by Gasteiger charge is 2.30. The second-order valence-electron chi connectivity index (χ2n) is 6.31. The van der Waals surface area contributed by atoms with E-state index in [0.29, 0.717) is 36.4 Å². The number of benzene rings is 2. The molecule has 5 nitrogen and oxygen atoms in total. The van der Waals surface area contributed by atoms with E-state index in [2.05, 4.69) is 45.1 Å². The molecule has 0 atom stereocenters. The molecule has 0 spiro atoms. The summed E-state index contributed by atoms with van der Waals surface area (Å²) in [6.07, 6.45) is 4.21. The van der Waals surface area contributed by atoms with Crippen molar-refractivity contribution in [2.45, 2.75) is 4.90 Å². The summed E-state index contributed by atoms with van der Waals surface area (Å²) in [6.45, 7) is 3.15. The lowest BCUT2D eigenvalue weighted by atomic mass is 10.2. The van der Waals surface area contributed by atoms with Crippen molar-refractivity contribution in [1.82, 2.24) is 9.21 Å². The lowest BCUT2D eigenvalue weighted by Gasteiger charge is -2.33. The Morgan fingerprint density at radius 2 is 1.78 bits per heavy atom. The molecule has 0 saturated carbocycles. The average Bonchev–Trinajstić information content (AvgIpc) is 2.69. The Bertz CT molecular complexity index is 893. The van der Waals surface area contributed by atoms with Crippen LogP contribution >= 0.6 is 15.9 Å². The fourth-order valence-electron chi connectivity index (χ4n) is 3.05. The van der Waals surface area contributed by atoms with E-state index in [1.807, 2.05) is 18.2 Å². The molecule has 1 aliphatic rings. The Morgan fingerprint density at radius 1 is 1.07 bits per heavy atom. The van der Waals surface area contributed by atoms with E-state index < -0.39 is 10.0 Å². The first-order chi connectivity index (χ1) is 13.0. The van der Waals surface area contributed by atoms with Crippen LogP contribution in [-0.4, -0.2) is 57.5 Å². The van der Waals surface area contributed by atoms with E-state index in [9.17, 15) is 8.42 Å². The minimum absolute atomic E-state index is 0.205. The highest BCUT2D eigenvalue weighted by Crippen LogP contribution is 2.30. The first kappa shape index (κ1) is 20.1. The molecule has 144 valence electrons. The Balaban J connectivity index is 1.61. The first-order valence-electron chi connectivity index (χ1n) is 8.78. The number of rotatable bonds is 6. The van der Waals surface area contributed by atoms with Gasteiger partial charge in [-0.25, -0.2) is 8.42 Å². The summed E-state index contributed by atoms with van der Waals surface area (Å²) in [7, 11) is -2.10. The number of hydrogen-bond donors (Lipinski definition) is 0. The normalized spacial score (nSPS) is 16.7. The SMILES string of the molecule is COc1ccc(Br)cc1S(=O)(=O)N1CCN(C/C=C\c2ccccc2)CC1. The van der Waals surface area contributed by atoms with E-state index in [1.165, 1.54) is 17.0 Å². The molecule has 0 aromatic heterocycles. The van der Waals surface area contributed by atoms with Gasteiger partial charge in [-0.15, -0.1) is 0 Å². The van der Waals surface area contributed by atoms with E-state index in [-0.39, 0.29) is 4.90 Å². The van der Waals surface area contributed by atoms with Crippen LogP contribution in [0.3, 0.4) is 0 Å². The van der Waals surface area contributed by atoms with E-state index in [4.69, 9.17) is 4.74 Å². The van der Waals surface area contributed by atoms with Gasteiger partial charge in [0.25, 0.3) is 0 Å². The topological polar surface area (TPSA) is 49.9 Å². The molecule has 7 heteroatoms. The van der Waals surface area contributed by atoms with Crippen LogP contribution in [0.1, 0.15) is 5.56 Å². The number of sulfonamides is 1. The molecule has 2 aromatic carbocycles. The molecule has 1 heterocycles. The van der Waals surface area contributed by atoms with Gasteiger partial charge in [-0.05, 0) is 23.8 Å². The van der Waals surface area contributed by atoms with Crippen LogP contribution in [0, 0.1) is 0 Å². The summed E-state index contributed by atoms with van der Waals surface area (Å²) in [5, 5.41) is 0. The molecule has 3 rings (SSSR count). The molecule has 1 fully saturated rings. The fraction of sp³-hybridized carbons (Fsp3) is 0.300. The van der Waals surface area contributed by atoms with Crippen molar-refractivity contribution in [1.29, 1.82) is 0 Å². The summed E-state index contributed by atoms with van der Waals surface area (Å²) in [4.78, 5) is 2.46. The molecular weight excluding hydrogens is 428 g/mol. The Kier molecular flexibility index (Phi) is 6.70. The number of nitrogens with zero attached hydrogens (tertiary/aromatic N) is 2. The van der Waals surface area contributed by atoms with Crippen LogP contribution < -0.4 is 4.74 Å². The van der Waals surface area contributed by atoms with E-state index in [1.54, 1.807) is 18.2 Å². The number of hydrogen-bond acceptors (Lipinski definition) is 4. The minimum atomic E-state index is -3.58. The molecule has 0 radical (unpaired) electrons. The molecule has 0 unspecified atom stereocenters. The number of methoxy groups -OCH3 is 1. The van der Waals surface area contributed by atoms with Gasteiger partial charge < -0.3 is 4.74 Å². The third kappa shape index (κ3) is 4.99. The molecular formula is C20H23BrN2O3S. The summed E-state index contributed by atoms with van der Waals surface area (Å²) >= 11 is 3.34.